The molecule has 0 radical (unpaired) electrons. The molecule has 0 amide bonds. The van der Waals surface area contributed by atoms with Crippen LogP contribution in [-0.2, 0) is 15.6 Å². The van der Waals surface area contributed by atoms with E-state index in [0.717, 1.165) is 6.08 Å². The fourth-order valence-corrected chi connectivity index (χ4v) is 3.86. The van der Waals surface area contributed by atoms with Crippen molar-refractivity contribution in [1.82, 2.24) is 0 Å². The summed E-state index contributed by atoms with van der Waals surface area (Å²) in [4.78, 5) is 45.7. The zero-order valence-electron chi connectivity index (χ0n) is 11.3. The number of unbranched alkanes of at least 4 members (excludes halogenated alkanes) is 1. The van der Waals surface area contributed by atoms with Crippen molar-refractivity contribution in [2.24, 2.45) is 0 Å². The third kappa shape index (κ3) is 5.81. The summed E-state index contributed by atoms with van der Waals surface area (Å²) < 4.78 is 22.0. The van der Waals surface area contributed by atoms with Gasteiger partial charge in [0.1, 0.15) is 5.06 Å². The third-order valence-electron chi connectivity index (χ3n) is 2.71. The number of hydrogen-bond acceptors (Lipinski definition) is 4. The maximum absolute atomic E-state index is 11.0. The van der Waals surface area contributed by atoms with Gasteiger partial charge in [-0.15, -0.1) is 0 Å². The Morgan fingerprint density at radius 3 is 2.27 bits per heavy atom. The van der Waals surface area contributed by atoms with Crippen LogP contribution in [0.2, 0.25) is 0 Å². The molecule has 0 spiro atoms. The molecule has 0 fully saturated rings. The van der Waals surface area contributed by atoms with Crippen molar-refractivity contribution in [3.05, 3.63) is 51.1 Å². The maximum atomic E-state index is 11.0. The normalized spacial score (nSPS) is 12.0. The zero-order valence-corrected chi connectivity index (χ0v) is 13.1. The lowest BCUT2D eigenvalue weighted by Gasteiger charge is -2.10. The smallest absolute Gasteiger partial charge is 0.321 e. The second kappa shape index (κ2) is 7.28. The number of non-ortho nitro benzene ring substituents is 1. The van der Waals surface area contributed by atoms with Gasteiger partial charge in [-0.3, -0.25) is 19.2 Å². The number of allylic oxidation sites excluding steroid dienone is 1. The largest absolute Gasteiger partial charge is 0.364 e. The van der Waals surface area contributed by atoms with Gasteiger partial charge >= 0.3 is 15.2 Å². The molecule has 1 aromatic rings. The van der Waals surface area contributed by atoms with Crippen LogP contribution in [0.3, 0.4) is 0 Å². The maximum Gasteiger partial charge on any atom is 0.364 e. The van der Waals surface area contributed by atoms with Crippen LogP contribution in [0, 0.1) is 10.1 Å². The summed E-state index contributed by atoms with van der Waals surface area (Å²) >= 11 is 0. The van der Waals surface area contributed by atoms with Crippen LogP contribution in [-0.4, -0.2) is 24.5 Å². The molecule has 11 heteroatoms. The summed E-state index contributed by atoms with van der Waals surface area (Å²) in [5, 5.41) is 9.42. The molecule has 0 saturated carbocycles. The van der Waals surface area contributed by atoms with Crippen LogP contribution in [0.5, 0.6) is 0 Å². The molecule has 0 unspecified atom stereocenters. The quantitative estimate of drug-likeness (QED) is 0.252. The lowest BCUT2D eigenvalue weighted by molar-refractivity contribution is -0.384. The lowest BCUT2D eigenvalue weighted by Crippen LogP contribution is -1.92. The minimum Gasteiger partial charge on any atom is -0.321 e. The predicted molar refractivity (Wildman–Crippen MR) is 78.2 cm³/mol. The third-order valence-corrected chi connectivity index (χ3v) is 5.84. The van der Waals surface area contributed by atoms with Gasteiger partial charge in [0, 0.05) is 12.1 Å². The molecular formula is C11H15NO8P2. The van der Waals surface area contributed by atoms with Crippen molar-refractivity contribution in [3.8, 4) is 0 Å². The van der Waals surface area contributed by atoms with Crippen molar-refractivity contribution < 1.29 is 33.6 Å². The fraction of sp³-hybridized carbons (Fsp3) is 0.273. The Bertz CT molecular complexity index is 650. The molecule has 22 heavy (non-hydrogen) atoms. The van der Waals surface area contributed by atoms with Crippen molar-refractivity contribution in [3.63, 3.8) is 0 Å². The van der Waals surface area contributed by atoms with Gasteiger partial charge in [0.05, 0.1) is 4.92 Å². The molecule has 9 nitrogen and oxygen atoms in total. The summed E-state index contributed by atoms with van der Waals surface area (Å²) in [5.41, 5.74) is 0.579. The number of nitro groups is 1. The number of hydrogen-bond donors (Lipinski definition) is 4. The molecule has 0 aliphatic heterocycles. The Kier molecular flexibility index (Phi) is 6.19. The Hall–Kier alpha value is -1.34. The average molecular weight is 351 g/mol. The topological polar surface area (TPSA) is 158 Å². The van der Waals surface area contributed by atoms with Gasteiger partial charge < -0.3 is 19.6 Å². The summed E-state index contributed by atoms with van der Waals surface area (Å²) in [7, 11) is -10.0. The van der Waals surface area contributed by atoms with E-state index >= 15 is 0 Å². The van der Waals surface area contributed by atoms with Crippen molar-refractivity contribution in [2.75, 3.05) is 0 Å². The molecule has 0 aliphatic rings. The van der Waals surface area contributed by atoms with E-state index < -0.39 is 25.2 Å². The van der Waals surface area contributed by atoms with E-state index in [1.165, 1.54) is 18.2 Å². The minimum absolute atomic E-state index is 0.0221. The summed E-state index contributed by atoms with van der Waals surface area (Å²) in [6.45, 7) is 0. The second-order valence-corrected chi connectivity index (χ2v) is 7.96. The van der Waals surface area contributed by atoms with Gasteiger partial charge in [0.25, 0.3) is 5.69 Å². The van der Waals surface area contributed by atoms with E-state index in [9.17, 15) is 19.2 Å². The SMILES string of the molecule is O=[N+]([O-])c1cccc(CCCC=C(P(=O)(O)O)P(=O)(O)O)c1. The van der Waals surface area contributed by atoms with E-state index in [-0.39, 0.29) is 12.1 Å². The predicted octanol–water partition coefficient (Wildman–Crippen LogP) is 2.11. The van der Waals surface area contributed by atoms with Gasteiger partial charge in [0.2, 0.25) is 0 Å². The highest BCUT2D eigenvalue weighted by Crippen LogP contribution is 2.63. The average Bonchev–Trinajstić information content (AvgIpc) is 2.35. The number of rotatable bonds is 7. The molecule has 0 heterocycles. The summed E-state index contributed by atoms with van der Waals surface area (Å²) in [6.07, 6.45) is 1.55. The molecule has 0 bridgehead atoms. The molecule has 0 saturated heterocycles. The first-order valence-electron chi connectivity index (χ1n) is 6.07. The highest BCUT2D eigenvalue weighted by atomic mass is 31.2. The monoisotopic (exact) mass is 351 g/mol. The lowest BCUT2D eigenvalue weighted by atomic mass is 10.1. The summed E-state index contributed by atoms with van der Waals surface area (Å²) in [6, 6.07) is 5.88. The fourth-order valence-electron chi connectivity index (χ4n) is 1.77. The minimum atomic E-state index is -5.02. The number of nitro benzene ring substituents is 1. The molecule has 122 valence electrons. The molecule has 0 aliphatic carbocycles. The Balaban J connectivity index is 2.73. The Morgan fingerprint density at radius 2 is 1.77 bits per heavy atom. The van der Waals surface area contributed by atoms with E-state index in [1.807, 2.05) is 0 Å². The van der Waals surface area contributed by atoms with E-state index in [2.05, 4.69) is 0 Å². The zero-order chi connectivity index (χ0) is 17.0. The highest BCUT2D eigenvalue weighted by molar-refractivity contribution is 7.77. The summed E-state index contributed by atoms with van der Waals surface area (Å²) in [5.74, 6) is 0. The van der Waals surface area contributed by atoms with Gasteiger partial charge in [-0.1, -0.05) is 18.2 Å². The van der Waals surface area contributed by atoms with Crippen molar-refractivity contribution >= 4 is 20.9 Å². The number of benzene rings is 1. The van der Waals surface area contributed by atoms with Crippen LogP contribution >= 0.6 is 15.2 Å². The standard InChI is InChI=1S/C11H15NO8P2/c13-12(14)10-6-3-5-9(8-10)4-1-2-7-11(21(15,16)17)22(18,19)20/h3,5-8H,1-2,4H2,(H2,15,16,17)(H2,18,19,20). The van der Waals surface area contributed by atoms with Crippen LogP contribution in [0.15, 0.2) is 35.4 Å². The number of aryl methyl sites for hydroxylation is 1. The van der Waals surface area contributed by atoms with Gasteiger partial charge in [0.15, 0.2) is 0 Å². The molecule has 4 N–H and O–H groups in total. The van der Waals surface area contributed by atoms with E-state index in [0.29, 0.717) is 18.4 Å². The van der Waals surface area contributed by atoms with Crippen LogP contribution in [0.4, 0.5) is 5.69 Å². The van der Waals surface area contributed by atoms with Gasteiger partial charge in [-0.05, 0) is 24.8 Å². The van der Waals surface area contributed by atoms with Crippen molar-refractivity contribution in [2.45, 2.75) is 19.3 Å². The van der Waals surface area contributed by atoms with Crippen LogP contribution in [0.1, 0.15) is 18.4 Å². The Morgan fingerprint density at radius 1 is 1.18 bits per heavy atom. The molecule has 0 aromatic heterocycles. The second-order valence-electron chi connectivity index (χ2n) is 4.47. The first-order valence-corrected chi connectivity index (χ1v) is 9.30. The molecular weight excluding hydrogens is 336 g/mol. The molecule has 1 aromatic carbocycles. The molecule has 1 rings (SSSR count). The van der Waals surface area contributed by atoms with Gasteiger partial charge in [-0.25, -0.2) is 0 Å². The van der Waals surface area contributed by atoms with Gasteiger partial charge in [-0.2, -0.15) is 0 Å². The first-order chi connectivity index (χ1) is 10.0. The Labute approximate surface area is 125 Å². The van der Waals surface area contributed by atoms with E-state index in [1.54, 1.807) is 6.07 Å². The van der Waals surface area contributed by atoms with E-state index in [4.69, 9.17) is 19.6 Å². The van der Waals surface area contributed by atoms with Crippen LogP contribution < -0.4 is 0 Å². The molecule has 0 atom stereocenters. The first kappa shape index (κ1) is 18.7. The van der Waals surface area contributed by atoms with Crippen molar-refractivity contribution in [1.29, 1.82) is 0 Å². The highest BCUT2D eigenvalue weighted by Gasteiger charge is 2.35. The number of nitrogens with zero attached hydrogens (tertiary/aromatic N) is 1. The van der Waals surface area contributed by atoms with Crippen LogP contribution in [0.25, 0.3) is 0 Å².